The van der Waals surface area contributed by atoms with Crippen molar-refractivity contribution in [3.63, 3.8) is 0 Å². The van der Waals surface area contributed by atoms with Crippen molar-refractivity contribution in [2.24, 2.45) is 0 Å². The highest BCUT2D eigenvalue weighted by molar-refractivity contribution is 7.89. The van der Waals surface area contributed by atoms with Crippen molar-refractivity contribution in [2.75, 3.05) is 0 Å². The van der Waals surface area contributed by atoms with Crippen LogP contribution in [-0.2, 0) is 10.0 Å². The maximum absolute atomic E-state index is 12.8. The van der Waals surface area contributed by atoms with Crippen molar-refractivity contribution in [3.8, 4) is 6.01 Å². The fourth-order valence-corrected chi connectivity index (χ4v) is 4.37. The lowest BCUT2D eigenvalue weighted by atomic mass is 9.94. The molecule has 8 heteroatoms. The standard InChI is InChI=1S/C18H22FN3O3S/c1-12-3-8-17(9-13(12)2)26(23,24)22-15-4-6-16(7-5-15)25-18-20-10-14(19)11-21-18/h3,8-11,15-16,22H,4-7H2,1-2H3. The molecule has 0 spiro atoms. The van der Waals surface area contributed by atoms with Gasteiger partial charge in [0.2, 0.25) is 10.0 Å². The van der Waals surface area contributed by atoms with E-state index in [1.54, 1.807) is 12.1 Å². The molecule has 3 rings (SSSR count). The molecule has 1 N–H and O–H groups in total. The summed E-state index contributed by atoms with van der Waals surface area (Å²) in [5.41, 5.74) is 2.01. The minimum absolute atomic E-state index is 0.0946. The van der Waals surface area contributed by atoms with Gasteiger partial charge in [0, 0.05) is 6.04 Å². The first-order valence-electron chi connectivity index (χ1n) is 8.57. The molecule has 1 aliphatic carbocycles. The van der Waals surface area contributed by atoms with E-state index in [0.717, 1.165) is 23.5 Å². The molecule has 1 aromatic heterocycles. The SMILES string of the molecule is Cc1ccc(S(=O)(=O)NC2CCC(Oc3ncc(F)cn3)CC2)cc1C. The molecule has 0 atom stereocenters. The minimum atomic E-state index is -3.54. The number of benzene rings is 1. The molecule has 0 unspecified atom stereocenters. The molecular formula is C18H22FN3O3S. The van der Waals surface area contributed by atoms with E-state index in [2.05, 4.69) is 14.7 Å². The second kappa shape index (κ2) is 7.67. The van der Waals surface area contributed by atoms with Gasteiger partial charge < -0.3 is 4.74 Å². The van der Waals surface area contributed by atoms with Gasteiger partial charge in [-0.2, -0.15) is 0 Å². The lowest BCUT2D eigenvalue weighted by molar-refractivity contribution is 0.132. The van der Waals surface area contributed by atoms with Crippen LogP contribution in [0.15, 0.2) is 35.5 Å². The molecule has 0 aliphatic heterocycles. The number of hydrogen-bond donors (Lipinski definition) is 1. The van der Waals surface area contributed by atoms with Crippen LogP contribution in [0.4, 0.5) is 4.39 Å². The summed E-state index contributed by atoms with van der Waals surface area (Å²) in [5, 5.41) is 0. The predicted molar refractivity (Wildman–Crippen MR) is 94.9 cm³/mol. The molecule has 140 valence electrons. The topological polar surface area (TPSA) is 81.2 Å². The summed E-state index contributed by atoms with van der Waals surface area (Å²) in [6.07, 6.45) is 4.72. The molecule has 0 bridgehead atoms. The van der Waals surface area contributed by atoms with E-state index in [9.17, 15) is 12.8 Å². The predicted octanol–water partition coefficient (Wildman–Crippen LogP) is 2.90. The zero-order valence-corrected chi connectivity index (χ0v) is 15.6. The Hall–Kier alpha value is -2.06. The van der Waals surface area contributed by atoms with Crippen LogP contribution in [0.25, 0.3) is 0 Å². The third kappa shape index (κ3) is 4.56. The largest absolute Gasteiger partial charge is 0.460 e. The normalized spacial score (nSPS) is 20.7. The number of rotatable bonds is 5. The van der Waals surface area contributed by atoms with E-state index in [1.807, 2.05) is 19.9 Å². The van der Waals surface area contributed by atoms with Crippen LogP contribution in [0.2, 0.25) is 0 Å². The average Bonchev–Trinajstić information content (AvgIpc) is 2.61. The van der Waals surface area contributed by atoms with Gasteiger partial charge in [-0.1, -0.05) is 6.07 Å². The number of ether oxygens (including phenoxy) is 1. The van der Waals surface area contributed by atoms with Crippen LogP contribution in [0.3, 0.4) is 0 Å². The van der Waals surface area contributed by atoms with Crippen LogP contribution in [0.1, 0.15) is 36.8 Å². The van der Waals surface area contributed by atoms with Gasteiger partial charge in [0.25, 0.3) is 0 Å². The third-order valence-electron chi connectivity index (χ3n) is 4.65. The Morgan fingerprint density at radius 2 is 1.73 bits per heavy atom. The number of nitrogens with one attached hydrogen (secondary N) is 1. The number of aryl methyl sites for hydroxylation is 2. The number of hydrogen-bond acceptors (Lipinski definition) is 5. The summed E-state index contributed by atoms with van der Waals surface area (Å²) in [5.74, 6) is -0.512. The van der Waals surface area contributed by atoms with Gasteiger partial charge in [-0.3, -0.25) is 0 Å². The first-order valence-corrected chi connectivity index (χ1v) is 10.1. The maximum atomic E-state index is 12.8. The second-order valence-electron chi connectivity index (χ2n) is 6.64. The van der Waals surface area contributed by atoms with E-state index in [1.165, 1.54) is 0 Å². The van der Waals surface area contributed by atoms with Gasteiger partial charge in [-0.05, 0) is 62.8 Å². The average molecular weight is 379 g/mol. The molecule has 6 nitrogen and oxygen atoms in total. The van der Waals surface area contributed by atoms with Crippen LogP contribution in [0, 0.1) is 19.7 Å². The highest BCUT2D eigenvalue weighted by atomic mass is 32.2. The summed E-state index contributed by atoms with van der Waals surface area (Å²) in [6.45, 7) is 3.85. The van der Waals surface area contributed by atoms with Crippen molar-refractivity contribution < 1.29 is 17.5 Å². The van der Waals surface area contributed by atoms with Crippen molar-refractivity contribution in [2.45, 2.75) is 56.6 Å². The summed E-state index contributed by atoms with van der Waals surface area (Å²) in [6, 6.07) is 5.15. The van der Waals surface area contributed by atoms with Gasteiger partial charge in [0.15, 0.2) is 5.82 Å². The minimum Gasteiger partial charge on any atom is -0.460 e. The first kappa shape index (κ1) is 18.7. The smallest absolute Gasteiger partial charge is 0.316 e. The Labute approximate surface area is 152 Å². The van der Waals surface area contributed by atoms with Crippen molar-refractivity contribution in [1.82, 2.24) is 14.7 Å². The Bertz CT molecular complexity index is 864. The zero-order valence-electron chi connectivity index (χ0n) is 14.8. The highest BCUT2D eigenvalue weighted by Crippen LogP contribution is 2.24. The van der Waals surface area contributed by atoms with Crippen LogP contribution in [0.5, 0.6) is 6.01 Å². The summed E-state index contributed by atoms with van der Waals surface area (Å²) >= 11 is 0. The van der Waals surface area contributed by atoms with E-state index in [-0.39, 0.29) is 18.2 Å². The highest BCUT2D eigenvalue weighted by Gasteiger charge is 2.27. The quantitative estimate of drug-likeness (QED) is 0.864. The molecular weight excluding hydrogens is 357 g/mol. The number of nitrogens with zero attached hydrogens (tertiary/aromatic N) is 2. The molecule has 1 fully saturated rings. The van der Waals surface area contributed by atoms with Gasteiger partial charge in [0.1, 0.15) is 6.10 Å². The molecule has 1 heterocycles. The third-order valence-corrected chi connectivity index (χ3v) is 6.17. The monoisotopic (exact) mass is 379 g/mol. The molecule has 0 saturated heterocycles. The fourth-order valence-electron chi connectivity index (χ4n) is 2.98. The molecule has 2 aromatic rings. The second-order valence-corrected chi connectivity index (χ2v) is 8.36. The molecule has 1 aliphatic rings. The summed E-state index contributed by atoms with van der Waals surface area (Å²) < 4.78 is 46.4. The van der Waals surface area contributed by atoms with Gasteiger partial charge in [0.05, 0.1) is 17.3 Å². The lowest BCUT2D eigenvalue weighted by Gasteiger charge is -2.28. The van der Waals surface area contributed by atoms with Gasteiger partial charge in [-0.15, -0.1) is 0 Å². The Kier molecular flexibility index (Phi) is 5.52. The number of aromatic nitrogens is 2. The molecule has 1 aromatic carbocycles. The lowest BCUT2D eigenvalue weighted by Crippen LogP contribution is -2.39. The fraction of sp³-hybridized carbons (Fsp3) is 0.444. The van der Waals surface area contributed by atoms with E-state index in [0.29, 0.717) is 30.6 Å². The van der Waals surface area contributed by atoms with Gasteiger partial charge in [-0.25, -0.2) is 27.5 Å². The number of halogens is 1. The van der Waals surface area contributed by atoms with Crippen LogP contribution in [-0.4, -0.2) is 30.5 Å². The van der Waals surface area contributed by atoms with E-state index in [4.69, 9.17) is 4.74 Å². The molecule has 0 radical (unpaired) electrons. The van der Waals surface area contributed by atoms with E-state index >= 15 is 0 Å². The van der Waals surface area contributed by atoms with Crippen LogP contribution < -0.4 is 9.46 Å². The van der Waals surface area contributed by atoms with Crippen LogP contribution >= 0.6 is 0 Å². The number of sulfonamides is 1. The van der Waals surface area contributed by atoms with E-state index < -0.39 is 15.8 Å². The van der Waals surface area contributed by atoms with Crippen molar-refractivity contribution in [3.05, 3.63) is 47.5 Å². The van der Waals surface area contributed by atoms with Crippen molar-refractivity contribution >= 4 is 10.0 Å². The summed E-state index contributed by atoms with van der Waals surface area (Å²) in [7, 11) is -3.54. The maximum Gasteiger partial charge on any atom is 0.316 e. The molecule has 26 heavy (non-hydrogen) atoms. The Morgan fingerprint density at radius 3 is 2.35 bits per heavy atom. The van der Waals surface area contributed by atoms with Gasteiger partial charge >= 0.3 is 6.01 Å². The molecule has 0 amide bonds. The zero-order chi connectivity index (χ0) is 18.7. The Morgan fingerprint density at radius 1 is 1.08 bits per heavy atom. The Balaban J connectivity index is 1.56. The molecule has 1 saturated carbocycles. The summed E-state index contributed by atoms with van der Waals surface area (Å²) in [4.78, 5) is 7.86. The first-order chi connectivity index (χ1) is 12.3. The van der Waals surface area contributed by atoms with Crippen molar-refractivity contribution in [1.29, 1.82) is 0 Å².